The van der Waals surface area contributed by atoms with Crippen molar-refractivity contribution in [2.75, 3.05) is 10.7 Å². The number of amidine groups is 1. The fourth-order valence-corrected chi connectivity index (χ4v) is 4.62. The van der Waals surface area contributed by atoms with Gasteiger partial charge in [-0.1, -0.05) is 19.3 Å². The quantitative estimate of drug-likeness (QED) is 0.633. The number of nitrogens with zero attached hydrogens (tertiary/aromatic N) is 2. The van der Waals surface area contributed by atoms with E-state index >= 15 is 0 Å². The van der Waals surface area contributed by atoms with Crippen LogP contribution in [0, 0.1) is 5.82 Å². The number of benzene rings is 1. The predicted octanol–water partition coefficient (Wildman–Crippen LogP) is 3.31. The third-order valence-electron chi connectivity index (χ3n) is 4.00. The second-order valence-electron chi connectivity index (χ2n) is 5.15. The molecule has 2 N–H and O–H groups in total. The summed E-state index contributed by atoms with van der Waals surface area (Å²) < 4.78 is 13.1. The number of hydrazone groups is 1. The Kier molecular flexibility index (Phi) is 3.39. The van der Waals surface area contributed by atoms with E-state index in [1.165, 1.54) is 31.4 Å². The van der Waals surface area contributed by atoms with E-state index in [9.17, 15) is 4.39 Å². The number of anilines is 1. The molecule has 3 nitrogen and oxygen atoms in total. The van der Waals surface area contributed by atoms with Gasteiger partial charge in [0, 0.05) is 5.69 Å². The number of thioether (sulfide) groups is 1. The van der Waals surface area contributed by atoms with Gasteiger partial charge in [0.15, 0.2) is 0 Å². The largest absolute Gasteiger partial charge is 0.322 e. The van der Waals surface area contributed by atoms with Gasteiger partial charge in [0.2, 0.25) is 0 Å². The smallest absolute Gasteiger partial charge is 0.140 e. The van der Waals surface area contributed by atoms with E-state index in [4.69, 9.17) is 5.84 Å². The highest BCUT2D eigenvalue weighted by Crippen LogP contribution is 2.49. The van der Waals surface area contributed by atoms with Gasteiger partial charge in [-0.15, -0.1) is 11.8 Å². The van der Waals surface area contributed by atoms with Crippen molar-refractivity contribution in [3.63, 3.8) is 0 Å². The molecule has 0 amide bonds. The van der Waals surface area contributed by atoms with Crippen molar-refractivity contribution >= 4 is 23.3 Å². The lowest BCUT2D eigenvalue weighted by molar-refractivity contribution is 0.410. The predicted molar refractivity (Wildman–Crippen MR) is 78.8 cm³/mol. The Morgan fingerprint density at radius 1 is 1.16 bits per heavy atom. The third-order valence-corrected chi connectivity index (χ3v) is 5.53. The Labute approximate surface area is 117 Å². The van der Waals surface area contributed by atoms with Gasteiger partial charge < -0.3 is 10.7 Å². The van der Waals surface area contributed by atoms with Crippen LogP contribution in [0.15, 0.2) is 29.4 Å². The molecule has 1 heterocycles. The molecule has 0 atom stereocenters. The van der Waals surface area contributed by atoms with E-state index in [2.05, 4.69) is 10.0 Å². The first-order chi connectivity index (χ1) is 9.25. The standard InChI is InChI=1S/C14H18FN3S/c15-11-4-6-12(7-5-11)18-13(17-16)10-19-14(18)8-2-1-3-9-14/h4-7H,1-3,8-10,16H2/b17-13+. The molecule has 0 unspecified atom stereocenters. The van der Waals surface area contributed by atoms with Crippen molar-refractivity contribution in [1.82, 2.24) is 0 Å². The number of rotatable bonds is 1. The van der Waals surface area contributed by atoms with Crippen LogP contribution in [0.25, 0.3) is 0 Å². The molecule has 1 spiro atoms. The zero-order chi connectivity index (χ0) is 13.3. The minimum Gasteiger partial charge on any atom is -0.322 e. The third kappa shape index (κ3) is 2.20. The molecule has 1 aromatic rings. The summed E-state index contributed by atoms with van der Waals surface area (Å²) in [6, 6.07) is 6.65. The van der Waals surface area contributed by atoms with Crippen LogP contribution in [0.5, 0.6) is 0 Å². The number of hydrogen-bond donors (Lipinski definition) is 1. The molecule has 2 aliphatic rings. The van der Waals surface area contributed by atoms with Crippen molar-refractivity contribution in [3.05, 3.63) is 30.1 Å². The Bertz CT molecular complexity index is 480. The fraction of sp³-hybridized carbons (Fsp3) is 0.500. The Morgan fingerprint density at radius 2 is 1.84 bits per heavy atom. The Hall–Kier alpha value is -1.23. The van der Waals surface area contributed by atoms with Crippen molar-refractivity contribution in [2.45, 2.75) is 37.0 Å². The maximum atomic E-state index is 13.1. The Balaban J connectivity index is 1.99. The Morgan fingerprint density at radius 3 is 2.47 bits per heavy atom. The lowest BCUT2D eigenvalue weighted by Gasteiger charge is -2.41. The average Bonchev–Trinajstić information content (AvgIpc) is 2.79. The van der Waals surface area contributed by atoms with Crippen molar-refractivity contribution in [1.29, 1.82) is 0 Å². The lowest BCUT2D eigenvalue weighted by atomic mass is 9.93. The highest BCUT2D eigenvalue weighted by Gasteiger charge is 2.46. The molecule has 19 heavy (non-hydrogen) atoms. The van der Waals surface area contributed by atoms with Gasteiger partial charge in [0.05, 0.1) is 10.6 Å². The van der Waals surface area contributed by atoms with E-state index in [1.54, 1.807) is 0 Å². The highest BCUT2D eigenvalue weighted by molar-refractivity contribution is 8.02. The van der Waals surface area contributed by atoms with Gasteiger partial charge >= 0.3 is 0 Å². The molecular formula is C14H18FN3S. The van der Waals surface area contributed by atoms with Gasteiger partial charge in [-0.3, -0.25) is 0 Å². The van der Waals surface area contributed by atoms with Crippen LogP contribution in [0.4, 0.5) is 10.1 Å². The molecule has 5 heteroatoms. The van der Waals surface area contributed by atoms with Crippen LogP contribution in [-0.4, -0.2) is 16.5 Å². The number of nitrogens with two attached hydrogens (primary N) is 1. The van der Waals surface area contributed by atoms with Crippen LogP contribution >= 0.6 is 11.8 Å². The summed E-state index contributed by atoms with van der Waals surface area (Å²) in [5, 5.41) is 3.95. The van der Waals surface area contributed by atoms with E-state index < -0.39 is 0 Å². The molecule has 3 rings (SSSR count). The lowest BCUT2D eigenvalue weighted by Crippen LogP contribution is -2.46. The first-order valence-electron chi connectivity index (χ1n) is 6.72. The van der Waals surface area contributed by atoms with Crippen molar-refractivity contribution < 1.29 is 4.39 Å². The summed E-state index contributed by atoms with van der Waals surface area (Å²) in [5.74, 6) is 7.07. The summed E-state index contributed by atoms with van der Waals surface area (Å²) in [5.41, 5.74) is 0.998. The molecule has 1 saturated carbocycles. The highest BCUT2D eigenvalue weighted by atomic mass is 32.2. The monoisotopic (exact) mass is 279 g/mol. The molecule has 0 aromatic heterocycles. The summed E-state index contributed by atoms with van der Waals surface area (Å²) in [4.78, 5) is 2.31. The summed E-state index contributed by atoms with van der Waals surface area (Å²) in [6.07, 6.45) is 6.07. The minimum absolute atomic E-state index is 0.0777. The maximum Gasteiger partial charge on any atom is 0.140 e. The van der Waals surface area contributed by atoms with Crippen LogP contribution in [-0.2, 0) is 0 Å². The molecule has 102 valence electrons. The van der Waals surface area contributed by atoms with Gasteiger partial charge in [0.25, 0.3) is 0 Å². The van der Waals surface area contributed by atoms with E-state index in [0.717, 1.165) is 30.1 Å². The SMILES string of the molecule is N/N=C1\CSC2(CCCCC2)N1c1ccc(F)cc1. The van der Waals surface area contributed by atoms with Crippen molar-refractivity contribution in [3.8, 4) is 0 Å². The van der Waals surface area contributed by atoms with E-state index in [0.29, 0.717) is 0 Å². The first kappa shape index (κ1) is 12.8. The van der Waals surface area contributed by atoms with Gasteiger partial charge in [-0.2, -0.15) is 5.10 Å². The van der Waals surface area contributed by atoms with Gasteiger partial charge in [-0.05, 0) is 37.1 Å². The average molecular weight is 279 g/mol. The normalized spacial score (nSPS) is 24.3. The van der Waals surface area contributed by atoms with Crippen LogP contribution < -0.4 is 10.7 Å². The van der Waals surface area contributed by atoms with E-state index in [1.807, 2.05) is 23.9 Å². The second-order valence-corrected chi connectivity index (χ2v) is 6.49. The maximum absolute atomic E-state index is 13.1. The van der Waals surface area contributed by atoms with Gasteiger partial charge in [-0.25, -0.2) is 4.39 Å². The molecule has 0 bridgehead atoms. The molecular weight excluding hydrogens is 261 g/mol. The molecule has 1 aliphatic heterocycles. The summed E-state index contributed by atoms with van der Waals surface area (Å²) in [6.45, 7) is 0. The van der Waals surface area contributed by atoms with Crippen LogP contribution in [0.1, 0.15) is 32.1 Å². The molecule has 0 radical (unpaired) electrons. The molecule has 1 saturated heterocycles. The van der Waals surface area contributed by atoms with E-state index in [-0.39, 0.29) is 10.7 Å². The number of hydrogen-bond acceptors (Lipinski definition) is 3. The van der Waals surface area contributed by atoms with Crippen LogP contribution in [0.2, 0.25) is 0 Å². The molecule has 1 aromatic carbocycles. The summed E-state index contributed by atoms with van der Waals surface area (Å²) in [7, 11) is 0. The second kappa shape index (κ2) is 5.04. The van der Waals surface area contributed by atoms with Crippen molar-refractivity contribution in [2.24, 2.45) is 10.9 Å². The summed E-state index contributed by atoms with van der Waals surface area (Å²) >= 11 is 1.93. The minimum atomic E-state index is -0.209. The molecule has 2 fully saturated rings. The first-order valence-corrected chi connectivity index (χ1v) is 7.70. The number of halogens is 1. The molecule has 1 aliphatic carbocycles. The van der Waals surface area contributed by atoms with Crippen LogP contribution in [0.3, 0.4) is 0 Å². The zero-order valence-electron chi connectivity index (χ0n) is 10.8. The van der Waals surface area contributed by atoms with Gasteiger partial charge in [0.1, 0.15) is 11.7 Å². The zero-order valence-corrected chi connectivity index (χ0v) is 11.6. The fourth-order valence-electron chi connectivity index (χ4n) is 3.10. The topological polar surface area (TPSA) is 41.6 Å².